The van der Waals surface area contributed by atoms with Crippen molar-refractivity contribution in [1.82, 2.24) is 0 Å². The molecule has 4 heteroatoms. The summed E-state index contributed by atoms with van der Waals surface area (Å²) in [6.07, 6.45) is 0.116. The van der Waals surface area contributed by atoms with Gasteiger partial charge in [0.1, 0.15) is 5.75 Å². The van der Waals surface area contributed by atoms with Crippen molar-refractivity contribution in [2.45, 2.75) is 39.2 Å². The second kappa shape index (κ2) is 6.39. The third-order valence-corrected chi connectivity index (χ3v) is 4.57. The summed E-state index contributed by atoms with van der Waals surface area (Å²) < 4.78 is 5.73. The van der Waals surface area contributed by atoms with Gasteiger partial charge in [-0.3, -0.25) is 0 Å². The first-order valence-electron chi connectivity index (χ1n) is 7.23. The highest BCUT2D eigenvalue weighted by Crippen LogP contribution is 2.32. The fourth-order valence-electron chi connectivity index (χ4n) is 2.12. The molecule has 0 atom stereocenters. The molecular weight excluding hydrogens is 280 g/mol. The summed E-state index contributed by atoms with van der Waals surface area (Å²) in [5.74, 6) is 0.740. The Morgan fingerprint density at radius 2 is 2.00 bits per heavy atom. The normalized spacial score (nSPS) is 11.7. The minimum Gasteiger partial charge on any atom is -0.489 e. The highest BCUT2D eigenvalue weighted by Gasteiger charge is 2.22. The summed E-state index contributed by atoms with van der Waals surface area (Å²) in [5, 5.41) is 5.57. The van der Waals surface area contributed by atoms with Crippen molar-refractivity contribution in [3.05, 3.63) is 40.6 Å². The molecule has 0 unspecified atom stereocenters. The highest BCUT2D eigenvalue weighted by atomic mass is 32.1. The summed E-state index contributed by atoms with van der Waals surface area (Å²) >= 11 is 1.78. The standard InChI is InChI=1S/C17H24N2OS/c1-12(2)20-14-8-5-7-13(16(14)18)19-11-17(3,4)15-9-6-10-21-15/h5-10,12,19H,11,18H2,1-4H3. The molecule has 0 saturated carbocycles. The lowest BCUT2D eigenvalue weighted by Gasteiger charge is -2.25. The average molecular weight is 304 g/mol. The van der Waals surface area contributed by atoms with Crippen LogP contribution in [-0.4, -0.2) is 12.6 Å². The molecule has 2 aromatic rings. The maximum Gasteiger partial charge on any atom is 0.144 e. The first-order chi connectivity index (χ1) is 9.90. The molecule has 3 N–H and O–H groups in total. The molecule has 0 bridgehead atoms. The van der Waals surface area contributed by atoms with Gasteiger partial charge in [-0.15, -0.1) is 11.3 Å². The van der Waals surface area contributed by atoms with Crippen LogP contribution in [0.3, 0.4) is 0 Å². The van der Waals surface area contributed by atoms with Crippen LogP contribution in [0, 0.1) is 0 Å². The zero-order chi connectivity index (χ0) is 15.5. The van der Waals surface area contributed by atoms with Crippen molar-refractivity contribution < 1.29 is 4.74 Å². The van der Waals surface area contributed by atoms with Crippen LogP contribution in [0.4, 0.5) is 11.4 Å². The Labute approximate surface area is 131 Å². The number of para-hydroxylation sites is 1. The first kappa shape index (κ1) is 15.7. The van der Waals surface area contributed by atoms with Crippen LogP contribution >= 0.6 is 11.3 Å². The van der Waals surface area contributed by atoms with Crippen molar-refractivity contribution in [2.75, 3.05) is 17.6 Å². The number of thiophene rings is 1. The Morgan fingerprint density at radius 1 is 1.24 bits per heavy atom. The van der Waals surface area contributed by atoms with E-state index >= 15 is 0 Å². The lowest BCUT2D eigenvalue weighted by molar-refractivity contribution is 0.244. The molecule has 1 aromatic carbocycles. The Kier molecular flexibility index (Phi) is 4.78. The quantitative estimate of drug-likeness (QED) is 0.772. The largest absolute Gasteiger partial charge is 0.489 e. The molecule has 1 heterocycles. The maximum atomic E-state index is 6.19. The number of hydrogen-bond donors (Lipinski definition) is 2. The molecule has 0 aliphatic rings. The molecule has 0 amide bonds. The van der Waals surface area contributed by atoms with Crippen molar-refractivity contribution >= 4 is 22.7 Å². The first-order valence-corrected chi connectivity index (χ1v) is 8.11. The topological polar surface area (TPSA) is 47.3 Å². The summed E-state index contributed by atoms with van der Waals surface area (Å²) in [5.41, 5.74) is 7.86. The van der Waals surface area contributed by atoms with E-state index in [2.05, 4.69) is 36.7 Å². The van der Waals surface area contributed by atoms with Gasteiger partial charge in [0.2, 0.25) is 0 Å². The Hall–Kier alpha value is -1.68. The molecule has 21 heavy (non-hydrogen) atoms. The number of nitrogens with one attached hydrogen (secondary N) is 1. The number of anilines is 2. The van der Waals surface area contributed by atoms with E-state index in [1.54, 1.807) is 11.3 Å². The number of nitrogens with two attached hydrogens (primary N) is 1. The summed E-state index contributed by atoms with van der Waals surface area (Å²) in [4.78, 5) is 1.36. The fraction of sp³-hybridized carbons (Fsp3) is 0.412. The van der Waals surface area contributed by atoms with Crippen LogP contribution in [0.1, 0.15) is 32.6 Å². The average Bonchev–Trinajstić information content (AvgIpc) is 2.94. The van der Waals surface area contributed by atoms with Crippen molar-refractivity contribution in [3.63, 3.8) is 0 Å². The minimum absolute atomic E-state index is 0.0650. The second-order valence-electron chi connectivity index (χ2n) is 6.10. The van der Waals surface area contributed by atoms with Crippen molar-refractivity contribution in [1.29, 1.82) is 0 Å². The van der Waals surface area contributed by atoms with Crippen LogP contribution in [0.2, 0.25) is 0 Å². The van der Waals surface area contributed by atoms with E-state index in [1.807, 2.05) is 32.0 Å². The zero-order valence-corrected chi connectivity index (χ0v) is 14.0. The molecule has 1 aromatic heterocycles. The maximum absolute atomic E-state index is 6.19. The van der Waals surface area contributed by atoms with E-state index in [0.717, 1.165) is 18.0 Å². The molecule has 0 aliphatic heterocycles. The number of rotatable bonds is 6. The number of benzene rings is 1. The third kappa shape index (κ3) is 3.91. The van der Waals surface area contributed by atoms with Crippen LogP contribution in [0.5, 0.6) is 5.75 Å². The van der Waals surface area contributed by atoms with Gasteiger partial charge in [0.05, 0.1) is 17.5 Å². The van der Waals surface area contributed by atoms with E-state index in [-0.39, 0.29) is 11.5 Å². The lowest BCUT2D eigenvalue weighted by Crippen LogP contribution is -2.26. The highest BCUT2D eigenvalue weighted by molar-refractivity contribution is 7.10. The van der Waals surface area contributed by atoms with Gasteiger partial charge >= 0.3 is 0 Å². The van der Waals surface area contributed by atoms with E-state index < -0.39 is 0 Å². The van der Waals surface area contributed by atoms with Crippen LogP contribution in [-0.2, 0) is 5.41 Å². The van der Waals surface area contributed by atoms with Crippen molar-refractivity contribution in [3.8, 4) is 5.75 Å². The van der Waals surface area contributed by atoms with E-state index in [1.165, 1.54) is 4.88 Å². The van der Waals surface area contributed by atoms with E-state index in [0.29, 0.717) is 5.69 Å². The monoisotopic (exact) mass is 304 g/mol. The number of hydrogen-bond acceptors (Lipinski definition) is 4. The van der Waals surface area contributed by atoms with Crippen molar-refractivity contribution in [2.24, 2.45) is 0 Å². The Balaban J connectivity index is 2.10. The summed E-state index contributed by atoms with van der Waals surface area (Å²) in [6.45, 7) is 9.29. The molecule has 0 saturated heterocycles. The second-order valence-corrected chi connectivity index (χ2v) is 7.05. The molecular formula is C17H24N2OS. The van der Waals surface area contributed by atoms with E-state index in [4.69, 9.17) is 10.5 Å². The third-order valence-electron chi connectivity index (χ3n) is 3.34. The molecule has 0 spiro atoms. The minimum atomic E-state index is 0.0650. The van der Waals surface area contributed by atoms with Gasteiger partial charge in [-0.25, -0.2) is 0 Å². The number of ether oxygens (including phenoxy) is 1. The lowest BCUT2D eigenvalue weighted by atomic mass is 9.91. The number of nitrogen functional groups attached to an aromatic ring is 1. The Morgan fingerprint density at radius 3 is 2.62 bits per heavy atom. The summed E-state index contributed by atoms with van der Waals surface area (Å²) in [7, 11) is 0. The molecule has 3 nitrogen and oxygen atoms in total. The molecule has 0 fully saturated rings. The van der Waals surface area contributed by atoms with Crippen LogP contribution in [0.15, 0.2) is 35.7 Å². The van der Waals surface area contributed by atoms with Gasteiger partial charge in [-0.1, -0.05) is 26.0 Å². The predicted octanol–water partition coefficient (Wildman–Crippen LogP) is 4.51. The molecule has 0 aliphatic carbocycles. The smallest absolute Gasteiger partial charge is 0.144 e. The molecule has 2 rings (SSSR count). The van der Waals surface area contributed by atoms with Crippen LogP contribution in [0.25, 0.3) is 0 Å². The fourth-order valence-corrected chi connectivity index (χ4v) is 2.97. The van der Waals surface area contributed by atoms with Gasteiger partial charge in [0.15, 0.2) is 0 Å². The van der Waals surface area contributed by atoms with Gasteiger partial charge in [0.25, 0.3) is 0 Å². The molecule has 0 radical (unpaired) electrons. The van der Waals surface area contributed by atoms with Crippen LogP contribution < -0.4 is 15.8 Å². The van der Waals surface area contributed by atoms with Gasteiger partial charge in [0, 0.05) is 16.8 Å². The summed E-state index contributed by atoms with van der Waals surface area (Å²) in [6, 6.07) is 10.1. The van der Waals surface area contributed by atoms with E-state index in [9.17, 15) is 0 Å². The Bertz CT molecular complexity index is 576. The van der Waals surface area contributed by atoms with Gasteiger partial charge in [-0.2, -0.15) is 0 Å². The van der Waals surface area contributed by atoms with Gasteiger partial charge in [-0.05, 0) is 37.4 Å². The molecule has 114 valence electrons. The zero-order valence-electron chi connectivity index (χ0n) is 13.1. The van der Waals surface area contributed by atoms with Gasteiger partial charge < -0.3 is 15.8 Å². The SMILES string of the molecule is CC(C)Oc1cccc(NCC(C)(C)c2cccs2)c1N. The predicted molar refractivity (Wildman–Crippen MR) is 92.5 cm³/mol.